The summed E-state index contributed by atoms with van der Waals surface area (Å²) in [7, 11) is 4.51. The Hall–Kier alpha value is -3.68. The Kier molecular flexibility index (Phi) is 5.69. The van der Waals surface area contributed by atoms with Gasteiger partial charge in [0.1, 0.15) is 22.8 Å². The van der Waals surface area contributed by atoms with Gasteiger partial charge in [0.2, 0.25) is 0 Å². The fourth-order valence-corrected chi connectivity index (χ4v) is 4.07. The van der Waals surface area contributed by atoms with Gasteiger partial charge in [-0.15, -0.1) is 0 Å². The molecular weight excluding hydrogens is 414 g/mol. The lowest BCUT2D eigenvalue weighted by atomic mass is 9.97. The summed E-state index contributed by atoms with van der Waals surface area (Å²) in [4.78, 5) is 26.4. The van der Waals surface area contributed by atoms with E-state index in [2.05, 4.69) is 4.90 Å². The molecule has 0 unspecified atom stereocenters. The van der Waals surface area contributed by atoms with E-state index < -0.39 is 11.6 Å². The number of aryl methyl sites for hydroxylation is 2. The molecule has 8 nitrogen and oxygen atoms in total. The van der Waals surface area contributed by atoms with E-state index in [1.165, 1.54) is 7.11 Å². The van der Waals surface area contributed by atoms with Crippen LogP contribution in [0.5, 0.6) is 17.2 Å². The lowest BCUT2D eigenvalue weighted by molar-refractivity contribution is -0.139. The Morgan fingerprint density at radius 1 is 1.09 bits per heavy atom. The Morgan fingerprint density at radius 3 is 2.56 bits per heavy atom. The van der Waals surface area contributed by atoms with Crippen LogP contribution in [0.1, 0.15) is 22.3 Å². The molecule has 0 amide bonds. The first-order valence-corrected chi connectivity index (χ1v) is 10.1. The summed E-state index contributed by atoms with van der Waals surface area (Å²) in [6, 6.07) is 7.59. The summed E-state index contributed by atoms with van der Waals surface area (Å²) >= 11 is 0. The van der Waals surface area contributed by atoms with Crippen molar-refractivity contribution < 1.29 is 28.2 Å². The lowest BCUT2D eigenvalue weighted by Crippen LogP contribution is -2.32. The molecule has 1 aliphatic heterocycles. The number of fused-ring (bicyclic) bond motifs is 2. The zero-order valence-electron chi connectivity index (χ0n) is 18.7. The Morgan fingerprint density at radius 2 is 1.88 bits per heavy atom. The minimum absolute atomic E-state index is 0.136. The molecule has 0 radical (unpaired) electrons. The molecule has 3 aromatic rings. The predicted molar refractivity (Wildman–Crippen MR) is 119 cm³/mol. The number of carbonyl (C=O) groups excluding carboxylic acids is 1. The van der Waals surface area contributed by atoms with Gasteiger partial charge in [0.05, 0.1) is 45.5 Å². The van der Waals surface area contributed by atoms with Gasteiger partial charge in [0, 0.05) is 22.6 Å². The highest BCUT2D eigenvalue weighted by Crippen LogP contribution is 2.40. The van der Waals surface area contributed by atoms with Crippen LogP contribution in [0.15, 0.2) is 33.5 Å². The van der Waals surface area contributed by atoms with Gasteiger partial charge in [-0.25, -0.2) is 4.79 Å². The summed E-state index contributed by atoms with van der Waals surface area (Å²) in [5.74, 6) is 1.59. The van der Waals surface area contributed by atoms with Crippen LogP contribution >= 0.6 is 0 Å². The second-order valence-electron chi connectivity index (χ2n) is 7.62. The Balaban J connectivity index is 1.79. The average Bonchev–Trinajstić information content (AvgIpc) is 2.81. The minimum atomic E-state index is -0.538. The predicted octanol–water partition coefficient (Wildman–Crippen LogP) is 3.50. The molecule has 1 aromatic heterocycles. The number of esters is 1. The molecule has 4 rings (SSSR count). The number of hydrogen-bond donors (Lipinski definition) is 0. The van der Waals surface area contributed by atoms with Gasteiger partial charge in [-0.05, 0) is 37.6 Å². The van der Waals surface area contributed by atoms with Gasteiger partial charge < -0.3 is 28.3 Å². The molecule has 2 heterocycles. The van der Waals surface area contributed by atoms with Crippen LogP contribution in [0.4, 0.5) is 5.69 Å². The highest BCUT2D eigenvalue weighted by Gasteiger charge is 2.26. The third-order valence-corrected chi connectivity index (χ3v) is 5.84. The highest BCUT2D eigenvalue weighted by atomic mass is 16.5. The van der Waals surface area contributed by atoms with E-state index in [0.717, 1.165) is 22.2 Å². The van der Waals surface area contributed by atoms with Crippen molar-refractivity contribution in [2.45, 2.75) is 26.8 Å². The standard InChI is InChI=1S/C24H25NO7/c1-13-17-8-15-11-25(19-7-6-16(28-3)9-20(19)29-4)12-31-22(15)14(2)23(17)32-24(27)18(13)10-21(26)30-5/h6-9H,10-12H2,1-5H3. The van der Waals surface area contributed by atoms with Crippen LogP contribution < -0.4 is 24.7 Å². The van der Waals surface area contributed by atoms with E-state index in [9.17, 15) is 9.59 Å². The fourth-order valence-electron chi connectivity index (χ4n) is 4.07. The molecule has 168 valence electrons. The molecule has 0 saturated carbocycles. The van der Waals surface area contributed by atoms with Crippen molar-refractivity contribution in [3.05, 3.63) is 56.9 Å². The van der Waals surface area contributed by atoms with Crippen molar-refractivity contribution in [2.24, 2.45) is 0 Å². The van der Waals surface area contributed by atoms with E-state index in [1.54, 1.807) is 14.2 Å². The van der Waals surface area contributed by atoms with Gasteiger partial charge in [-0.2, -0.15) is 0 Å². The first-order valence-electron chi connectivity index (χ1n) is 10.1. The van der Waals surface area contributed by atoms with Crippen LogP contribution in [0, 0.1) is 13.8 Å². The summed E-state index contributed by atoms with van der Waals surface area (Å²) in [5, 5.41) is 0.770. The highest BCUT2D eigenvalue weighted by molar-refractivity contribution is 5.88. The smallest absolute Gasteiger partial charge is 0.340 e. The van der Waals surface area contributed by atoms with Crippen LogP contribution in [0.2, 0.25) is 0 Å². The summed E-state index contributed by atoms with van der Waals surface area (Å²) in [5.41, 5.74) is 3.50. The van der Waals surface area contributed by atoms with E-state index in [0.29, 0.717) is 47.2 Å². The second-order valence-corrected chi connectivity index (χ2v) is 7.62. The quantitative estimate of drug-likeness (QED) is 0.441. The van der Waals surface area contributed by atoms with Crippen LogP contribution in [0.3, 0.4) is 0 Å². The van der Waals surface area contributed by atoms with Gasteiger partial charge in [-0.1, -0.05) is 0 Å². The molecule has 0 aliphatic carbocycles. The summed E-state index contributed by atoms with van der Waals surface area (Å²) < 4.78 is 27.2. The van der Waals surface area contributed by atoms with Gasteiger partial charge >= 0.3 is 11.6 Å². The van der Waals surface area contributed by atoms with Crippen molar-refractivity contribution >= 4 is 22.6 Å². The monoisotopic (exact) mass is 439 g/mol. The summed E-state index contributed by atoms with van der Waals surface area (Å²) in [6.45, 7) is 4.57. The minimum Gasteiger partial charge on any atom is -0.497 e. The first kappa shape index (κ1) is 21.5. The summed E-state index contributed by atoms with van der Waals surface area (Å²) in [6.07, 6.45) is -0.136. The number of methoxy groups -OCH3 is 3. The maximum Gasteiger partial charge on any atom is 0.340 e. The number of benzene rings is 2. The second kappa shape index (κ2) is 8.45. The largest absolute Gasteiger partial charge is 0.497 e. The van der Waals surface area contributed by atoms with Crippen LogP contribution in [-0.4, -0.2) is 34.0 Å². The number of rotatable bonds is 5. The number of hydrogen-bond acceptors (Lipinski definition) is 8. The van der Waals surface area contributed by atoms with Crippen LogP contribution in [0.25, 0.3) is 11.0 Å². The van der Waals surface area contributed by atoms with Crippen molar-refractivity contribution in [2.75, 3.05) is 33.0 Å². The molecule has 32 heavy (non-hydrogen) atoms. The third-order valence-electron chi connectivity index (χ3n) is 5.84. The molecule has 0 N–H and O–H groups in total. The number of carbonyl (C=O) groups is 1. The molecule has 1 aliphatic rings. The van der Waals surface area contributed by atoms with Crippen molar-refractivity contribution in [1.82, 2.24) is 0 Å². The zero-order valence-corrected chi connectivity index (χ0v) is 18.7. The zero-order chi connectivity index (χ0) is 23.0. The molecule has 8 heteroatoms. The number of nitrogens with zero attached hydrogens (tertiary/aromatic N) is 1. The average molecular weight is 439 g/mol. The first-order chi connectivity index (χ1) is 15.4. The molecule has 0 atom stereocenters. The fraction of sp³-hybridized carbons (Fsp3) is 0.333. The Labute approximate surface area is 185 Å². The van der Waals surface area contributed by atoms with E-state index >= 15 is 0 Å². The molecule has 0 spiro atoms. The van der Waals surface area contributed by atoms with E-state index in [4.69, 9.17) is 23.4 Å². The van der Waals surface area contributed by atoms with E-state index in [1.807, 2.05) is 38.1 Å². The molecular formula is C24H25NO7. The molecule has 0 fully saturated rings. The van der Waals surface area contributed by atoms with Gasteiger partial charge in [-0.3, -0.25) is 4.79 Å². The number of anilines is 1. The molecule has 0 bridgehead atoms. The maximum absolute atomic E-state index is 12.5. The topological polar surface area (TPSA) is 87.4 Å². The Bertz CT molecular complexity index is 1260. The number of ether oxygens (including phenoxy) is 4. The van der Waals surface area contributed by atoms with Crippen molar-refractivity contribution in [1.29, 1.82) is 0 Å². The third kappa shape index (κ3) is 3.62. The van der Waals surface area contributed by atoms with Gasteiger partial charge in [0.15, 0.2) is 6.73 Å². The van der Waals surface area contributed by atoms with Crippen molar-refractivity contribution in [3.63, 3.8) is 0 Å². The normalized spacial score (nSPS) is 12.8. The van der Waals surface area contributed by atoms with Crippen LogP contribution in [-0.2, 0) is 22.5 Å². The van der Waals surface area contributed by atoms with Gasteiger partial charge in [0.25, 0.3) is 0 Å². The van der Waals surface area contributed by atoms with Crippen molar-refractivity contribution in [3.8, 4) is 17.2 Å². The molecule has 2 aromatic carbocycles. The molecule has 0 saturated heterocycles. The SMILES string of the molecule is COC(=O)Cc1c(C)c2cc3c(c(C)c2oc1=O)OCN(c1ccc(OC)cc1OC)C3. The lowest BCUT2D eigenvalue weighted by Gasteiger charge is -2.33. The van der Waals surface area contributed by atoms with E-state index in [-0.39, 0.29) is 6.42 Å². The maximum atomic E-state index is 12.5.